The van der Waals surface area contributed by atoms with Crippen LogP contribution in [-0.4, -0.2) is 25.2 Å². The van der Waals surface area contributed by atoms with E-state index in [4.69, 9.17) is 4.74 Å². The van der Waals surface area contributed by atoms with Crippen molar-refractivity contribution in [3.8, 4) is 0 Å². The van der Waals surface area contributed by atoms with Crippen molar-refractivity contribution in [3.05, 3.63) is 35.9 Å². The number of nitrogens with one attached hydrogen (secondary N) is 1. The van der Waals surface area contributed by atoms with Crippen molar-refractivity contribution in [1.29, 1.82) is 0 Å². The van der Waals surface area contributed by atoms with E-state index >= 15 is 0 Å². The van der Waals surface area contributed by atoms with Gasteiger partial charge in [0.05, 0.1) is 7.11 Å². The van der Waals surface area contributed by atoms with Crippen LogP contribution < -0.4 is 5.32 Å². The second-order valence-corrected chi connectivity index (χ2v) is 4.42. The Hall–Kier alpha value is -2.04. The Morgan fingerprint density at radius 1 is 1.25 bits per heavy atom. The van der Waals surface area contributed by atoms with Crippen molar-refractivity contribution in [3.63, 3.8) is 0 Å². The largest absolute Gasteiger partial charge is 0.467 e. The molecule has 0 saturated carbocycles. The lowest BCUT2D eigenvalue weighted by molar-refractivity contribution is -0.143. The summed E-state index contributed by atoms with van der Waals surface area (Å²) in [6, 6.07) is 8.71. The molecule has 1 aromatic rings. The van der Waals surface area contributed by atoms with Crippen molar-refractivity contribution < 1.29 is 19.1 Å². The van der Waals surface area contributed by atoms with Crippen LogP contribution >= 0.6 is 0 Å². The van der Waals surface area contributed by atoms with Crippen LogP contribution in [0.4, 0.5) is 4.79 Å². The third kappa shape index (κ3) is 5.73. The standard InChI is InChI=1S/C15H21NO4/c1-3-4-10-13(14(17)19-2)16-15(18)20-11-12-8-6-5-7-9-12/h5-9,13H,3-4,10-11H2,1-2H3,(H,16,18)/t13-/m1/s1. The molecule has 0 spiro atoms. The first kappa shape index (κ1) is 16.0. The number of methoxy groups -OCH3 is 1. The number of carbonyl (C=O) groups excluding carboxylic acids is 2. The SMILES string of the molecule is CCCC[C@@H](NC(=O)OCc1ccccc1)C(=O)OC. The van der Waals surface area contributed by atoms with Crippen molar-refractivity contribution >= 4 is 12.1 Å². The summed E-state index contributed by atoms with van der Waals surface area (Å²) in [4.78, 5) is 23.2. The summed E-state index contributed by atoms with van der Waals surface area (Å²) in [7, 11) is 1.30. The minimum Gasteiger partial charge on any atom is -0.467 e. The van der Waals surface area contributed by atoms with E-state index in [9.17, 15) is 9.59 Å². The molecule has 5 nitrogen and oxygen atoms in total. The topological polar surface area (TPSA) is 64.6 Å². The summed E-state index contributed by atoms with van der Waals surface area (Å²) in [6.07, 6.45) is 1.71. The smallest absolute Gasteiger partial charge is 0.408 e. The number of amides is 1. The normalized spacial score (nSPS) is 11.5. The van der Waals surface area contributed by atoms with Crippen molar-refractivity contribution in [2.45, 2.75) is 38.8 Å². The number of carbonyl (C=O) groups is 2. The van der Waals surface area contributed by atoms with Crippen LogP contribution in [0, 0.1) is 0 Å². The van der Waals surface area contributed by atoms with Crippen LogP contribution in [0.3, 0.4) is 0 Å². The number of hydrogen-bond acceptors (Lipinski definition) is 4. The molecule has 1 N–H and O–H groups in total. The van der Waals surface area contributed by atoms with Gasteiger partial charge in [-0.15, -0.1) is 0 Å². The number of ether oxygens (including phenoxy) is 2. The Morgan fingerprint density at radius 3 is 2.55 bits per heavy atom. The summed E-state index contributed by atoms with van der Waals surface area (Å²) >= 11 is 0. The molecule has 20 heavy (non-hydrogen) atoms. The fourth-order valence-electron chi connectivity index (χ4n) is 1.71. The molecule has 0 radical (unpaired) electrons. The third-order valence-corrected chi connectivity index (χ3v) is 2.84. The highest BCUT2D eigenvalue weighted by atomic mass is 16.6. The molecule has 0 aromatic heterocycles. The van der Waals surface area contributed by atoms with Gasteiger partial charge < -0.3 is 14.8 Å². The monoisotopic (exact) mass is 279 g/mol. The summed E-state index contributed by atoms with van der Waals surface area (Å²) in [5.41, 5.74) is 0.894. The molecule has 0 bridgehead atoms. The van der Waals surface area contributed by atoms with Crippen LogP contribution in [0.1, 0.15) is 31.7 Å². The number of unbranched alkanes of at least 4 members (excludes halogenated alkanes) is 1. The molecule has 0 heterocycles. The number of alkyl carbamates (subject to hydrolysis) is 1. The zero-order valence-electron chi connectivity index (χ0n) is 11.9. The molecule has 0 aliphatic heterocycles. The highest BCUT2D eigenvalue weighted by Gasteiger charge is 2.21. The Labute approximate surface area is 119 Å². The lowest BCUT2D eigenvalue weighted by Gasteiger charge is -2.16. The fraction of sp³-hybridized carbons (Fsp3) is 0.467. The van der Waals surface area contributed by atoms with Crippen LogP contribution in [0.2, 0.25) is 0 Å². The van der Waals surface area contributed by atoms with Gasteiger partial charge >= 0.3 is 12.1 Å². The van der Waals surface area contributed by atoms with E-state index < -0.39 is 18.1 Å². The Bertz CT molecular complexity index is 419. The quantitative estimate of drug-likeness (QED) is 0.779. The van der Waals surface area contributed by atoms with Crippen molar-refractivity contribution in [1.82, 2.24) is 5.32 Å². The first-order valence-corrected chi connectivity index (χ1v) is 6.72. The van der Waals surface area contributed by atoms with Gasteiger partial charge in [0, 0.05) is 0 Å². The lowest BCUT2D eigenvalue weighted by atomic mass is 10.1. The molecule has 110 valence electrons. The molecular formula is C15H21NO4. The zero-order chi connectivity index (χ0) is 14.8. The zero-order valence-corrected chi connectivity index (χ0v) is 11.9. The van der Waals surface area contributed by atoms with Gasteiger partial charge in [-0.2, -0.15) is 0 Å². The third-order valence-electron chi connectivity index (χ3n) is 2.84. The van der Waals surface area contributed by atoms with Crippen LogP contribution in [-0.2, 0) is 20.9 Å². The molecule has 0 fully saturated rings. The molecule has 1 atom stereocenters. The molecular weight excluding hydrogens is 258 g/mol. The first-order valence-electron chi connectivity index (χ1n) is 6.72. The van der Waals surface area contributed by atoms with Crippen LogP contribution in [0.5, 0.6) is 0 Å². The van der Waals surface area contributed by atoms with E-state index in [0.717, 1.165) is 18.4 Å². The van der Waals surface area contributed by atoms with Gasteiger partial charge in [0.1, 0.15) is 12.6 Å². The maximum absolute atomic E-state index is 11.7. The molecule has 0 aliphatic rings. The van der Waals surface area contributed by atoms with Gasteiger partial charge in [0.15, 0.2) is 0 Å². The minimum absolute atomic E-state index is 0.175. The van der Waals surface area contributed by atoms with Crippen molar-refractivity contribution in [2.75, 3.05) is 7.11 Å². The van der Waals surface area contributed by atoms with E-state index in [-0.39, 0.29) is 6.61 Å². The predicted octanol–water partition coefficient (Wildman–Crippen LogP) is 2.64. The summed E-state index contributed by atoms with van der Waals surface area (Å²) in [6.45, 7) is 2.19. The Balaban J connectivity index is 2.43. The van der Waals surface area contributed by atoms with E-state index in [0.29, 0.717) is 6.42 Å². The summed E-state index contributed by atoms with van der Waals surface area (Å²) in [5.74, 6) is -0.449. The van der Waals surface area contributed by atoms with Gasteiger partial charge in [-0.05, 0) is 12.0 Å². The molecule has 0 aliphatic carbocycles. The van der Waals surface area contributed by atoms with Gasteiger partial charge in [-0.1, -0.05) is 50.1 Å². The van der Waals surface area contributed by atoms with Gasteiger partial charge in [0.2, 0.25) is 0 Å². The number of hydrogen-bond donors (Lipinski definition) is 1. The van der Waals surface area contributed by atoms with E-state index in [1.807, 2.05) is 37.3 Å². The molecule has 1 aromatic carbocycles. The molecule has 0 unspecified atom stereocenters. The average Bonchev–Trinajstić information content (AvgIpc) is 2.49. The van der Waals surface area contributed by atoms with Gasteiger partial charge in [0.25, 0.3) is 0 Å². The summed E-state index contributed by atoms with van der Waals surface area (Å²) < 4.78 is 9.74. The van der Waals surface area contributed by atoms with E-state index in [1.54, 1.807) is 0 Å². The van der Waals surface area contributed by atoms with E-state index in [1.165, 1.54) is 7.11 Å². The van der Waals surface area contributed by atoms with Crippen LogP contribution in [0.15, 0.2) is 30.3 Å². The van der Waals surface area contributed by atoms with Crippen LogP contribution in [0.25, 0.3) is 0 Å². The molecule has 1 amide bonds. The van der Waals surface area contributed by atoms with E-state index in [2.05, 4.69) is 10.1 Å². The second kappa shape index (κ2) is 8.96. The Kier molecular flexibility index (Phi) is 7.17. The maximum Gasteiger partial charge on any atom is 0.408 e. The number of esters is 1. The lowest BCUT2D eigenvalue weighted by Crippen LogP contribution is -2.41. The first-order chi connectivity index (χ1) is 9.67. The molecule has 5 heteroatoms. The Morgan fingerprint density at radius 2 is 1.95 bits per heavy atom. The highest BCUT2D eigenvalue weighted by Crippen LogP contribution is 2.04. The second-order valence-electron chi connectivity index (χ2n) is 4.42. The van der Waals surface area contributed by atoms with Crippen molar-refractivity contribution in [2.24, 2.45) is 0 Å². The van der Waals surface area contributed by atoms with Gasteiger partial charge in [-0.3, -0.25) is 0 Å². The highest BCUT2D eigenvalue weighted by molar-refractivity contribution is 5.81. The summed E-state index contributed by atoms with van der Waals surface area (Å²) in [5, 5.41) is 2.54. The number of benzene rings is 1. The molecule has 1 rings (SSSR count). The minimum atomic E-state index is -0.650. The fourth-order valence-corrected chi connectivity index (χ4v) is 1.71. The predicted molar refractivity (Wildman–Crippen MR) is 75.1 cm³/mol. The maximum atomic E-state index is 11.7. The number of rotatable bonds is 7. The molecule has 0 saturated heterocycles. The van der Waals surface area contributed by atoms with Gasteiger partial charge in [-0.25, -0.2) is 9.59 Å². The average molecular weight is 279 g/mol.